The highest BCUT2D eigenvalue weighted by Crippen LogP contribution is 2.35. The summed E-state index contributed by atoms with van der Waals surface area (Å²) in [5.41, 5.74) is -0.403. The van der Waals surface area contributed by atoms with Crippen LogP contribution >= 0.6 is 0 Å². The molecule has 0 radical (unpaired) electrons. The molecular weight excluding hydrogens is 229 g/mol. The van der Waals surface area contributed by atoms with E-state index < -0.39 is 17.8 Å². The highest BCUT2D eigenvalue weighted by molar-refractivity contribution is 5.31. The summed E-state index contributed by atoms with van der Waals surface area (Å²) in [6.45, 7) is 4.15. The fraction of sp³-hybridized carbons (Fsp3) is 0.538. The van der Waals surface area contributed by atoms with Crippen LogP contribution in [0.3, 0.4) is 0 Å². The van der Waals surface area contributed by atoms with Crippen LogP contribution in [0.25, 0.3) is 0 Å². The Labute approximate surface area is 99.6 Å². The van der Waals surface area contributed by atoms with Gasteiger partial charge in [-0.05, 0) is 25.0 Å². The fourth-order valence-corrected chi connectivity index (χ4v) is 1.60. The standard InChI is InChI=1S/C13H17F3O/c1-3-4-9-17-10(2)11-7-5-6-8-12(11)13(14,15)16/h5-8,10H,3-4,9H2,1-2H3. The average molecular weight is 246 g/mol. The highest BCUT2D eigenvalue weighted by Gasteiger charge is 2.34. The van der Waals surface area contributed by atoms with Gasteiger partial charge in [0.1, 0.15) is 0 Å². The molecule has 0 saturated heterocycles. The molecular formula is C13H17F3O. The summed E-state index contributed by atoms with van der Waals surface area (Å²) in [5.74, 6) is 0. The van der Waals surface area contributed by atoms with Crippen molar-refractivity contribution in [2.75, 3.05) is 6.61 Å². The molecule has 0 bridgehead atoms. The minimum atomic E-state index is -4.32. The molecule has 0 saturated carbocycles. The highest BCUT2D eigenvalue weighted by atomic mass is 19.4. The maximum atomic E-state index is 12.7. The molecule has 1 aromatic rings. The summed E-state index contributed by atoms with van der Waals surface area (Å²) in [4.78, 5) is 0. The molecule has 1 atom stereocenters. The summed E-state index contributed by atoms with van der Waals surface area (Å²) in [5, 5.41) is 0. The van der Waals surface area contributed by atoms with Gasteiger partial charge in [0.25, 0.3) is 0 Å². The van der Waals surface area contributed by atoms with E-state index in [-0.39, 0.29) is 5.56 Å². The molecule has 1 nitrogen and oxygen atoms in total. The van der Waals surface area contributed by atoms with Crippen molar-refractivity contribution in [1.82, 2.24) is 0 Å². The fourth-order valence-electron chi connectivity index (χ4n) is 1.60. The van der Waals surface area contributed by atoms with E-state index in [1.54, 1.807) is 13.0 Å². The van der Waals surface area contributed by atoms with Gasteiger partial charge >= 0.3 is 6.18 Å². The van der Waals surface area contributed by atoms with Crippen molar-refractivity contribution in [1.29, 1.82) is 0 Å². The minimum Gasteiger partial charge on any atom is -0.374 e. The minimum absolute atomic E-state index is 0.205. The summed E-state index contributed by atoms with van der Waals surface area (Å²) in [7, 11) is 0. The number of benzene rings is 1. The number of alkyl halides is 3. The van der Waals surface area contributed by atoms with Crippen molar-refractivity contribution in [3.05, 3.63) is 35.4 Å². The van der Waals surface area contributed by atoms with Crippen molar-refractivity contribution in [2.45, 2.75) is 39.0 Å². The molecule has 0 amide bonds. The second-order valence-electron chi connectivity index (χ2n) is 3.95. The Morgan fingerprint density at radius 3 is 2.47 bits per heavy atom. The predicted molar refractivity (Wildman–Crippen MR) is 60.7 cm³/mol. The van der Waals surface area contributed by atoms with Crippen LogP contribution in [-0.4, -0.2) is 6.61 Å². The van der Waals surface area contributed by atoms with E-state index >= 15 is 0 Å². The van der Waals surface area contributed by atoms with Crippen molar-refractivity contribution in [3.63, 3.8) is 0 Å². The largest absolute Gasteiger partial charge is 0.416 e. The zero-order valence-corrected chi connectivity index (χ0v) is 10.1. The first-order valence-electron chi connectivity index (χ1n) is 5.74. The zero-order valence-electron chi connectivity index (χ0n) is 10.1. The van der Waals surface area contributed by atoms with Crippen LogP contribution in [0.15, 0.2) is 24.3 Å². The monoisotopic (exact) mass is 246 g/mol. The van der Waals surface area contributed by atoms with Crippen LogP contribution in [0.1, 0.15) is 43.9 Å². The van der Waals surface area contributed by atoms with Crippen molar-refractivity contribution in [3.8, 4) is 0 Å². The molecule has 1 unspecified atom stereocenters. The lowest BCUT2D eigenvalue weighted by Crippen LogP contribution is -2.12. The number of halogens is 3. The maximum absolute atomic E-state index is 12.7. The molecule has 0 fully saturated rings. The van der Waals surface area contributed by atoms with Gasteiger partial charge in [-0.3, -0.25) is 0 Å². The lowest BCUT2D eigenvalue weighted by molar-refractivity contribution is -0.139. The van der Waals surface area contributed by atoms with E-state index in [4.69, 9.17) is 4.74 Å². The first-order chi connectivity index (χ1) is 7.96. The van der Waals surface area contributed by atoms with Gasteiger partial charge in [-0.15, -0.1) is 0 Å². The number of hydrogen-bond donors (Lipinski definition) is 0. The predicted octanol–water partition coefficient (Wildman–Crippen LogP) is 4.58. The van der Waals surface area contributed by atoms with E-state index in [0.29, 0.717) is 6.61 Å². The topological polar surface area (TPSA) is 9.23 Å². The smallest absolute Gasteiger partial charge is 0.374 e. The third-order valence-electron chi connectivity index (χ3n) is 2.57. The molecule has 0 heterocycles. The SMILES string of the molecule is CCCCOC(C)c1ccccc1C(F)(F)F. The molecule has 0 aromatic heterocycles. The summed E-state index contributed by atoms with van der Waals surface area (Å²) in [6, 6.07) is 5.56. The Morgan fingerprint density at radius 1 is 1.24 bits per heavy atom. The van der Waals surface area contributed by atoms with E-state index in [2.05, 4.69) is 0 Å². The van der Waals surface area contributed by atoms with E-state index in [9.17, 15) is 13.2 Å². The Hall–Kier alpha value is -1.03. The Bertz CT molecular complexity index is 347. The van der Waals surface area contributed by atoms with Gasteiger partial charge in [-0.1, -0.05) is 31.5 Å². The Balaban J connectivity index is 2.82. The lowest BCUT2D eigenvalue weighted by atomic mass is 10.0. The molecule has 4 heteroatoms. The first kappa shape index (κ1) is 14.0. The number of hydrogen-bond acceptors (Lipinski definition) is 1. The summed E-state index contributed by atoms with van der Waals surface area (Å²) < 4.78 is 43.6. The van der Waals surface area contributed by atoms with E-state index in [0.717, 1.165) is 18.9 Å². The number of unbranched alkanes of at least 4 members (excludes halogenated alkanes) is 1. The van der Waals surface area contributed by atoms with Crippen molar-refractivity contribution >= 4 is 0 Å². The van der Waals surface area contributed by atoms with Crippen LogP contribution in [-0.2, 0) is 10.9 Å². The van der Waals surface area contributed by atoms with Crippen molar-refractivity contribution < 1.29 is 17.9 Å². The summed E-state index contributed by atoms with van der Waals surface area (Å²) in [6.07, 6.45) is -3.02. The van der Waals surface area contributed by atoms with Crippen LogP contribution in [0.5, 0.6) is 0 Å². The second-order valence-corrected chi connectivity index (χ2v) is 3.95. The molecule has 0 aliphatic carbocycles. The third-order valence-corrected chi connectivity index (χ3v) is 2.57. The first-order valence-corrected chi connectivity index (χ1v) is 5.74. The molecule has 0 spiro atoms. The maximum Gasteiger partial charge on any atom is 0.416 e. The normalized spacial score (nSPS) is 13.7. The molecule has 0 N–H and O–H groups in total. The molecule has 0 aliphatic heterocycles. The Morgan fingerprint density at radius 2 is 1.88 bits per heavy atom. The van der Waals surface area contributed by atoms with Gasteiger partial charge in [-0.2, -0.15) is 13.2 Å². The molecule has 96 valence electrons. The quantitative estimate of drug-likeness (QED) is 0.691. The number of rotatable bonds is 5. The third kappa shape index (κ3) is 4.04. The van der Waals surface area contributed by atoms with Gasteiger partial charge in [0.15, 0.2) is 0 Å². The van der Waals surface area contributed by atoms with Gasteiger partial charge in [0.05, 0.1) is 11.7 Å². The van der Waals surface area contributed by atoms with Gasteiger partial charge in [-0.25, -0.2) is 0 Å². The summed E-state index contributed by atoms with van der Waals surface area (Å²) >= 11 is 0. The van der Waals surface area contributed by atoms with Gasteiger partial charge < -0.3 is 4.74 Å². The van der Waals surface area contributed by atoms with E-state index in [1.807, 2.05) is 6.92 Å². The average Bonchev–Trinajstić information content (AvgIpc) is 2.28. The van der Waals surface area contributed by atoms with Crippen LogP contribution in [0.2, 0.25) is 0 Å². The van der Waals surface area contributed by atoms with Crippen LogP contribution < -0.4 is 0 Å². The molecule has 1 aromatic carbocycles. The Kier molecular flexibility index (Phi) is 5.00. The van der Waals surface area contributed by atoms with E-state index in [1.165, 1.54) is 12.1 Å². The van der Waals surface area contributed by atoms with Gasteiger partial charge in [0.2, 0.25) is 0 Å². The molecule has 1 rings (SSSR count). The van der Waals surface area contributed by atoms with Gasteiger partial charge in [0, 0.05) is 6.61 Å². The van der Waals surface area contributed by atoms with Crippen LogP contribution in [0, 0.1) is 0 Å². The van der Waals surface area contributed by atoms with Crippen molar-refractivity contribution in [2.24, 2.45) is 0 Å². The number of ether oxygens (including phenoxy) is 1. The lowest BCUT2D eigenvalue weighted by Gasteiger charge is -2.18. The second kappa shape index (κ2) is 6.05. The zero-order chi connectivity index (χ0) is 12.9. The van der Waals surface area contributed by atoms with Crippen LogP contribution in [0.4, 0.5) is 13.2 Å². The molecule has 0 aliphatic rings. The molecule has 17 heavy (non-hydrogen) atoms.